The van der Waals surface area contributed by atoms with Crippen LogP contribution in [0.5, 0.6) is 0 Å². The van der Waals surface area contributed by atoms with Gasteiger partial charge in [0.25, 0.3) is 0 Å². The van der Waals surface area contributed by atoms with E-state index in [2.05, 4.69) is 30.0 Å². The summed E-state index contributed by atoms with van der Waals surface area (Å²) >= 11 is 0. The molecule has 1 saturated heterocycles. The number of rotatable bonds is 6. The van der Waals surface area contributed by atoms with Crippen molar-refractivity contribution in [1.29, 1.82) is 5.26 Å². The molecule has 12 nitrogen and oxygen atoms in total. The zero-order valence-corrected chi connectivity index (χ0v) is 18.4. The van der Waals surface area contributed by atoms with Crippen LogP contribution in [0.25, 0.3) is 22.6 Å². The van der Waals surface area contributed by atoms with Crippen molar-refractivity contribution in [2.45, 2.75) is 13.2 Å². The van der Waals surface area contributed by atoms with E-state index in [9.17, 15) is 14.0 Å². The lowest BCUT2D eigenvalue weighted by atomic mass is 9.92. The third kappa shape index (κ3) is 5.24. The Balaban J connectivity index is 1.65. The number of primary amides is 1. The van der Waals surface area contributed by atoms with Gasteiger partial charge in [-0.25, -0.2) is 24.1 Å². The minimum atomic E-state index is -1.24. The molecule has 0 unspecified atom stereocenters. The lowest BCUT2D eigenvalue weighted by molar-refractivity contribution is -0.236. The molecule has 4 N–H and O–H groups in total. The van der Waals surface area contributed by atoms with Crippen LogP contribution >= 0.6 is 0 Å². The van der Waals surface area contributed by atoms with Gasteiger partial charge in [-0.15, -0.1) is 0 Å². The van der Waals surface area contributed by atoms with Crippen molar-refractivity contribution in [3.63, 3.8) is 0 Å². The van der Waals surface area contributed by atoms with E-state index in [1.165, 1.54) is 25.3 Å². The number of hydrogen-bond acceptors (Lipinski definition) is 10. The maximum Gasteiger partial charge on any atom is 0.412 e. The van der Waals surface area contributed by atoms with Gasteiger partial charge in [-0.3, -0.25) is 4.79 Å². The number of carbonyl (C=O) groups excluding carboxylic acids is 2. The normalized spacial score (nSPS) is 19.5. The van der Waals surface area contributed by atoms with Crippen LogP contribution in [0.4, 0.5) is 15.1 Å². The summed E-state index contributed by atoms with van der Waals surface area (Å²) in [5.41, 5.74) is 5.64. The van der Waals surface area contributed by atoms with Crippen molar-refractivity contribution >= 4 is 18.0 Å². The topological polar surface area (TPSA) is 178 Å². The van der Waals surface area contributed by atoms with Gasteiger partial charge in [-0.05, 0) is 37.3 Å². The van der Waals surface area contributed by atoms with Gasteiger partial charge >= 0.3 is 12.1 Å². The number of nitrogens with zero attached hydrogens (tertiary/aromatic N) is 4. The number of hydrogen-bond donors (Lipinski definition) is 3. The summed E-state index contributed by atoms with van der Waals surface area (Å²) in [4.78, 5) is 39.3. The molecule has 1 aliphatic rings. The van der Waals surface area contributed by atoms with Crippen LogP contribution in [0.2, 0.25) is 0 Å². The smallest absolute Gasteiger partial charge is 0.376 e. The first-order chi connectivity index (χ1) is 16.8. The highest BCUT2D eigenvalue weighted by molar-refractivity contribution is 5.87. The number of H-pyrrole nitrogens is 1. The standard InChI is InChI=1S/C22H20FN7O5/c1-22(19(31)35-20(25)32)10-33-18(34-11-22)17-29-15(12-2-4-13(23)5-3-12)16(30-17)14-6-8-26-21(28-14)27-9-7-24/h2-6,8,18H,9-11H2,1H3,(H2,25,32)(H,29,30)(H,26,27,28). The van der Waals surface area contributed by atoms with Crippen LogP contribution in [0.1, 0.15) is 19.0 Å². The Bertz CT molecular complexity index is 1280. The highest BCUT2D eigenvalue weighted by atomic mass is 19.1. The molecule has 3 aromatic rings. The zero-order valence-electron chi connectivity index (χ0n) is 18.4. The summed E-state index contributed by atoms with van der Waals surface area (Å²) < 4.78 is 29.4. The molecule has 1 aliphatic heterocycles. The number of esters is 1. The number of nitrogens with two attached hydrogens (primary N) is 1. The molecule has 0 atom stereocenters. The molecule has 0 spiro atoms. The Morgan fingerprint density at radius 3 is 2.66 bits per heavy atom. The Hall–Kier alpha value is -4.41. The molecule has 2 aromatic heterocycles. The molecule has 0 radical (unpaired) electrons. The Kier molecular flexibility index (Phi) is 6.67. The van der Waals surface area contributed by atoms with Gasteiger partial charge in [0, 0.05) is 11.8 Å². The van der Waals surface area contributed by atoms with E-state index >= 15 is 0 Å². The van der Waals surface area contributed by atoms with Crippen molar-refractivity contribution in [3.8, 4) is 28.7 Å². The number of nitriles is 1. The zero-order chi connectivity index (χ0) is 25.0. The lowest BCUT2D eigenvalue weighted by Crippen LogP contribution is -2.45. The first kappa shape index (κ1) is 23.7. The van der Waals surface area contributed by atoms with Crippen LogP contribution in [0, 0.1) is 22.6 Å². The summed E-state index contributed by atoms with van der Waals surface area (Å²) in [6.07, 6.45) is -0.678. The first-order valence-corrected chi connectivity index (χ1v) is 10.3. The number of imidazole rings is 1. The molecule has 1 aromatic carbocycles. The second-order valence-electron chi connectivity index (χ2n) is 7.85. The Morgan fingerprint density at radius 1 is 1.29 bits per heavy atom. The van der Waals surface area contributed by atoms with Gasteiger partial charge < -0.3 is 30.2 Å². The highest BCUT2D eigenvalue weighted by Gasteiger charge is 2.43. The fourth-order valence-corrected chi connectivity index (χ4v) is 3.31. The number of amides is 1. The SMILES string of the molecule is CC1(C(=O)OC(N)=O)COC(c2nc(-c3ccc(F)cc3)c(-c3ccnc(NCC#N)n3)[nH]2)OC1. The highest BCUT2D eigenvalue weighted by Crippen LogP contribution is 2.36. The van der Waals surface area contributed by atoms with E-state index in [0.29, 0.717) is 22.6 Å². The molecule has 35 heavy (non-hydrogen) atoms. The first-order valence-electron chi connectivity index (χ1n) is 10.3. The van der Waals surface area contributed by atoms with Gasteiger partial charge in [0.15, 0.2) is 5.82 Å². The number of benzene rings is 1. The van der Waals surface area contributed by atoms with Crippen molar-refractivity contribution in [1.82, 2.24) is 19.9 Å². The maximum atomic E-state index is 13.5. The summed E-state index contributed by atoms with van der Waals surface area (Å²) in [6, 6.07) is 9.32. The molecule has 13 heteroatoms. The Labute approximate surface area is 198 Å². The van der Waals surface area contributed by atoms with Gasteiger partial charge in [-0.1, -0.05) is 0 Å². The molecule has 1 fully saturated rings. The number of aromatic nitrogens is 4. The predicted octanol–water partition coefficient (Wildman–Crippen LogP) is 2.28. The van der Waals surface area contributed by atoms with Gasteiger partial charge in [0.05, 0.1) is 36.4 Å². The number of anilines is 1. The number of aromatic amines is 1. The summed E-state index contributed by atoms with van der Waals surface area (Å²) in [5.74, 6) is -0.764. The van der Waals surface area contributed by atoms with E-state index in [1.54, 1.807) is 18.2 Å². The summed E-state index contributed by atoms with van der Waals surface area (Å²) in [5, 5.41) is 11.6. The largest absolute Gasteiger partial charge is 0.412 e. The summed E-state index contributed by atoms with van der Waals surface area (Å²) in [6.45, 7) is 1.29. The van der Waals surface area contributed by atoms with E-state index in [-0.39, 0.29) is 31.5 Å². The van der Waals surface area contributed by atoms with Crippen molar-refractivity contribution in [2.24, 2.45) is 11.1 Å². The van der Waals surface area contributed by atoms with Crippen LogP contribution in [-0.4, -0.2) is 51.8 Å². The number of carbonyl (C=O) groups is 2. The monoisotopic (exact) mass is 481 g/mol. The average Bonchev–Trinajstić information content (AvgIpc) is 3.29. The van der Waals surface area contributed by atoms with E-state index < -0.39 is 29.6 Å². The number of ether oxygens (including phenoxy) is 3. The molecule has 0 saturated carbocycles. The third-order valence-electron chi connectivity index (χ3n) is 5.09. The molecule has 3 heterocycles. The van der Waals surface area contributed by atoms with Crippen LogP contribution in [-0.2, 0) is 19.0 Å². The molecular formula is C22H20FN7O5. The fraction of sp³-hybridized carbons (Fsp3) is 0.273. The number of halogens is 1. The van der Waals surface area contributed by atoms with Gasteiger partial charge in [0.1, 0.15) is 17.8 Å². The molecule has 0 bridgehead atoms. The molecule has 180 valence electrons. The average molecular weight is 481 g/mol. The van der Waals surface area contributed by atoms with Crippen molar-refractivity contribution < 1.29 is 28.2 Å². The minimum absolute atomic E-state index is 0.0171. The van der Waals surface area contributed by atoms with E-state index in [0.717, 1.165) is 0 Å². The molecule has 0 aliphatic carbocycles. The second kappa shape index (κ2) is 9.84. The van der Waals surface area contributed by atoms with Crippen molar-refractivity contribution in [3.05, 3.63) is 48.2 Å². The van der Waals surface area contributed by atoms with Gasteiger partial charge in [-0.2, -0.15) is 5.26 Å². The molecule has 1 amide bonds. The van der Waals surface area contributed by atoms with E-state index in [1.807, 2.05) is 6.07 Å². The second-order valence-corrected chi connectivity index (χ2v) is 7.85. The lowest BCUT2D eigenvalue weighted by Gasteiger charge is -2.34. The maximum absolute atomic E-state index is 13.5. The van der Waals surface area contributed by atoms with E-state index in [4.69, 9.17) is 20.5 Å². The predicted molar refractivity (Wildman–Crippen MR) is 118 cm³/mol. The van der Waals surface area contributed by atoms with Crippen LogP contribution in [0.15, 0.2) is 36.5 Å². The fourth-order valence-electron chi connectivity index (χ4n) is 3.31. The quantitative estimate of drug-likeness (QED) is 0.269. The van der Waals surface area contributed by atoms with Gasteiger partial charge in [0.2, 0.25) is 12.2 Å². The summed E-state index contributed by atoms with van der Waals surface area (Å²) in [7, 11) is 0. The minimum Gasteiger partial charge on any atom is -0.376 e. The van der Waals surface area contributed by atoms with Crippen LogP contribution < -0.4 is 11.1 Å². The molecule has 4 rings (SSSR count). The molecular weight excluding hydrogens is 461 g/mol. The van der Waals surface area contributed by atoms with Crippen molar-refractivity contribution in [2.75, 3.05) is 25.1 Å². The number of nitrogens with one attached hydrogen (secondary N) is 2. The third-order valence-corrected chi connectivity index (χ3v) is 5.09. The Morgan fingerprint density at radius 2 is 2.00 bits per heavy atom. The van der Waals surface area contributed by atoms with Crippen LogP contribution in [0.3, 0.4) is 0 Å².